The molecule has 1 aliphatic rings. The maximum Gasteiger partial charge on any atom is 0.194 e. The number of hydrogen-bond donors (Lipinski definition) is 1. The molecule has 29 heavy (non-hydrogen) atoms. The van der Waals surface area contributed by atoms with Gasteiger partial charge in [-0.25, -0.2) is 0 Å². The summed E-state index contributed by atoms with van der Waals surface area (Å²) in [6, 6.07) is 20.0. The molecule has 4 heteroatoms. The highest BCUT2D eigenvalue weighted by molar-refractivity contribution is 5.37. The number of benzene rings is 2. The first-order valence-electron chi connectivity index (χ1n) is 10.4. The van der Waals surface area contributed by atoms with Crippen LogP contribution in [0.1, 0.15) is 35.7 Å². The molecule has 0 bridgehead atoms. The lowest BCUT2D eigenvalue weighted by Gasteiger charge is -2.13. The number of nitrogens with one attached hydrogen (secondary N) is 1. The number of aromatic nitrogens is 1. The number of pyridine rings is 1. The zero-order chi connectivity index (χ0) is 20.1. The van der Waals surface area contributed by atoms with Crippen molar-refractivity contribution in [3.8, 4) is 11.6 Å². The predicted molar refractivity (Wildman–Crippen MR) is 115 cm³/mol. The first kappa shape index (κ1) is 19.3. The Morgan fingerprint density at radius 1 is 1.00 bits per heavy atom. The van der Waals surface area contributed by atoms with Crippen LogP contribution in [-0.4, -0.2) is 17.7 Å². The largest absolute Gasteiger partial charge is 0.486 e. The molecule has 4 nitrogen and oxygen atoms in total. The molecule has 150 valence electrons. The number of aryl methyl sites for hydroxylation is 3. The highest BCUT2D eigenvalue weighted by Gasteiger charge is 2.22. The Morgan fingerprint density at radius 2 is 1.76 bits per heavy atom. The second-order valence-electron chi connectivity index (χ2n) is 7.63. The van der Waals surface area contributed by atoms with E-state index >= 15 is 0 Å². The Bertz CT molecular complexity index is 982. The fourth-order valence-corrected chi connectivity index (χ4v) is 3.76. The summed E-state index contributed by atoms with van der Waals surface area (Å²) >= 11 is 0. The highest BCUT2D eigenvalue weighted by Crippen LogP contribution is 2.28. The van der Waals surface area contributed by atoms with E-state index in [2.05, 4.69) is 42.2 Å². The van der Waals surface area contributed by atoms with Crippen molar-refractivity contribution in [3.63, 3.8) is 0 Å². The van der Waals surface area contributed by atoms with Gasteiger partial charge in [0, 0.05) is 24.2 Å². The molecule has 3 aromatic rings. The Hall–Kier alpha value is -3.01. The summed E-state index contributed by atoms with van der Waals surface area (Å²) in [6.45, 7) is 2.60. The SMILES string of the molecule is CCCc1ccc(CCc2cc(=O)cc(OCC3Cc4ccccc4O3)[nH]2)cc1. The predicted octanol–water partition coefficient (Wildman–Crippen LogP) is 4.50. The molecule has 0 aliphatic carbocycles. The van der Waals surface area contributed by atoms with Gasteiger partial charge in [0.05, 0.1) is 0 Å². The van der Waals surface area contributed by atoms with Crippen LogP contribution >= 0.6 is 0 Å². The number of hydrogen-bond acceptors (Lipinski definition) is 3. The van der Waals surface area contributed by atoms with Crippen molar-refractivity contribution >= 4 is 0 Å². The van der Waals surface area contributed by atoms with Gasteiger partial charge in [-0.15, -0.1) is 0 Å². The van der Waals surface area contributed by atoms with Crippen molar-refractivity contribution in [1.29, 1.82) is 0 Å². The Labute approximate surface area is 171 Å². The van der Waals surface area contributed by atoms with E-state index in [0.717, 1.165) is 43.5 Å². The summed E-state index contributed by atoms with van der Waals surface area (Å²) in [5.41, 5.74) is 4.70. The molecule has 0 spiro atoms. The van der Waals surface area contributed by atoms with Crippen LogP contribution < -0.4 is 14.9 Å². The molecule has 2 heterocycles. The van der Waals surface area contributed by atoms with Gasteiger partial charge in [-0.05, 0) is 42.0 Å². The minimum Gasteiger partial charge on any atom is -0.486 e. The van der Waals surface area contributed by atoms with Gasteiger partial charge in [-0.3, -0.25) is 4.79 Å². The summed E-state index contributed by atoms with van der Waals surface area (Å²) in [6.07, 6.45) is 4.72. The van der Waals surface area contributed by atoms with Crippen LogP contribution in [-0.2, 0) is 25.7 Å². The maximum atomic E-state index is 12.1. The average molecular weight is 389 g/mol. The topological polar surface area (TPSA) is 51.3 Å². The van der Waals surface area contributed by atoms with Crippen molar-refractivity contribution in [2.45, 2.75) is 45.1 Å². The van der Waals surface area contributed by atoms with Crippen molar-refractivity contribution in [3.05, 3.63) is 93.3 Å². The lowest BCUT2D eigenvalue weighted by molar-refractivity contribution is 0.145. The molecule has 1 unspecified atom stereocenters. The van der Waals surface area contributed by atoms with Crippen LogP contribution in [0.15, 0.2) is 65.5 Å². The second-order valence-corrected chi connectivity index (χ2v) is 7.63. The molecule has 0 saturated heterocycles. The fourth-order valence-electron chi connectivity index (χ4n) is 3.76. The van der Waals surface area contributed by atoms with Gasteiger partial charge < -0.3 is 14.5 Å². The summed E-state index contributed by atoms with van der Waals surface area (Å²) in [7, 11) is 0. The average Bonchev–Trinajstić information content (AvgIpc) is 3.15. The van der Waals surface area contributed by atoms with Gasteiger partial charge in [-0.2, -0.15) is 0 Å². The molecule has 1 aliphatic heterocycles. The van der Waals surface area contributed by atoms with E-state index in [1.807, 2.05) is 18.2 Å². The Balaban J connectivity index is 1.33. The smallest absolute Gasteiger partial charge is 0.194 e. The number of rotatable bonds is 8. The van der Waals surface area contributed by atoms with Crippen LogP contribution in [0.4, 0.5) is 0 Å². The maximum absolute atomic E-state index is 12.1. The van der Waals surface area contributed by atoms with Crippen LogP contribution in [0.2, 0.25) is 0 Å². The van der Waals surface area contributed by atoms with E-state index in [9.17, 15) is 4.79 Å². The quantitative estimate of drug-likeness (QED) is 0.617. The molecule has 0 radical (unpaired) electrons. The Morgan fingerprint density at radius 3 is 2.52 bits per heavy atom. The van der Waals surface area contributed by atoms with Crippen LogP contribution in [0, 0.1) is 0 Å². The monoisotopic (exact) mass is 389 g/mol. The van der Waals surface area contributed by atoms with Gasteiger partial charge in [0.2, 0.25) is 0 Å². The third-order valence-electron chi connectivity index (χ3n) is 5.26. The molecule has 1 atom stereocenters. The number of aromatic amines is 1. The molecule has 1 N–H and O–H groups in total. The van der Waals surface area contributed by atoms with Gasteiger partial charge in [-0.1, -0.05) is 55.8 Å². The van der Waals surface area contributed by atoms with Crippen molar-refractivity contribution in [2.75, 3.05) is 6.61 Å². The van der Waals surface area contributed by atoms with E-state index in [1.165, 1.54) is 22.8 Å². The first-order valence-corrected chi connectivity index (χ1v) is 10.4. The zero-order valence-corrected chi connectivity index (χ0v) is 16.8. The number of H-pyrrole nitrogens is 1. The van der Waals surface area contributed by atoms with Crippen molar-refractivity contribution < 1.29 is 9.47 Å². The summed E-state index contributed by atoms with van der Waals surface area (Å²) < 4.78 is 11.8. The van der Waals surface area contributed by atoms with E-state index in [1.54, 1.807) is 6.07 Å². The molecule has 4 rings (SSSR count). The minimum absolute atomic E-state index is 0.0267. The van der Waals surface area contributed by atoms with E-state index < -0.39 is 0 Å². The minimum atomic E-state index is -0.0392. The van der Waals surface area contributed by atoms with E-state index in [0.29, 0.717) is 12.5 Å². The van der Waals surface area contributed by atoms with E-state index in [4.69, 9.17) is 9.47 Å². The summed E-state index contributed by atoms with van der Waals surface area (Å²) in [5, 5.41) is 0. The van der Waals surface area contributed by atoms with Crippen LogP contribution in [0.5, 0.6) is 11.6 Å². The second kappa shape index (κ2) is 8.99. The molecule has 1 aromatic heterocycles. The summed E-state index contributed by atoms with van der Waals surface area (Å²) in [5.74, 6) is 1.43. The highest BCUT2D eigenvalue weighted by atomic mass is 16.5. The first-order chi connectivity index (χ1) is 14.2. The fraction of sp³-hybridized carbons (Fsp3) is 0.320. The van der Waals surface area contributed by atoms with Crippen molar-refractivity contribution in [2.24, 2.45) is 0 Å². The Kier molecular flexibility index (Phi) is 5.99. The molecule has 0 fully saturated rings. The molecular formula is C25H27NO3. The van der Waals surface area contributed by atoms with Crippen LogP contribution in [0.3, 0.4) is 0 Å². The van der Waals surface area contributed by atoms with Gasteiger partial charge in [0.1, 0.15) is 18.5 Å². The summed E-state index contributed by atoms with van der Waals surface area (Å²) in [4.78, 5) is 15.3. The third-order valence-corrected chi connectivity index (χ3v) is 5.26. The molecule has 2 aromatic carbocycles. The molecule has 0 amide bonds. The standard InChI is InChI=1S/C25H27NO3/c1-2-5-18-8-10-19(11-9-18)12-13-21-15-22(27)16-25(26-21)28-17-23-14-20-6-3-4-7-24(20)29-23/h3-4,6-11,15-16,23H,2,5,12-14,17H2,1H3,(H,26,27). The lowest BCUT2D eigenvalue weighted by Crippen LogP contribution is -2.23. The number of para-hydroxylation sites is 1. The van der Waals surface area contributed by atoms with Gasteiger partial charge >= 0.3 is 0 Å². The van der Waals surface area contributed by atoms with Gasteiger partial charge in [0.25, 0.3) is 0 Å². The number of fused-ring (bicyclic) bond motifs is 1. The third kappa shape index (κ3) is 5.08. The lowest BCUT2D eigenvalue weighted by atomic mass is 10.0. The normalized spacial score (nSPS) is 15.0. The molecule has 0 saturated carbocycles. The van der Waals surface area contributed by atoms with Crippen LogP contribution in [0.25, 0.3) is 0 Å². The van der Waals surface area contributed by atoms with E-state index in [-0.39, 0.29) is 11.5 Å². The molecular weight excluding hydrogens is 362 g/mol. The van der Waals surface area contributed by atoms with Gasteiger partial charge in [0.15, 0.2) is 11.3 Å². The zero-order valence-electron chi connectivity index (χ0n) is 16.8. The number of ether oxygens (including phenoxy) is 2. The van der Waals surface area contributed by atoms with Crippen molar-refractivity contribution in [1.82, 2.24) is 4.98 Å².